The largest absolute Gasteiger partial charge is 0.457 e. The fourth-order valence-electron chi connectivity index (χ4n) is 3.41. The molecule has 0 saturated carbocycles. The van der Waals surface area contributed by atoms with Gasteiger partial charge in [-0.15, -0.1) is 0 Å². The topological polar surface area (TPSA) is 94.5 Å². The number of fused-ring (bicyclic) bond motifs is 1. The van der Waals surface area contributed by atoms with E-state index in [4.69, 9.17) is 9.47 Å². The number of anilines is 1. The molecular formula is C25H21F3N4O4. The van der Waals surface area contributed by atoms with Gasteiger partial charge in [-0.3, -0.25) is 14.3 Å². The summed E-state index contributed by atoms with van der Waals surface area (Å²) >= 11 is 0. The number of nitrogens with zero attached hydrogens (tertiary/aromatic N) is 2. The number of alkyl halides is 3. The lowest BCUT2D eigenvalue weighted by Crippen LogP contribution is -2.27. The van der Waals surface area contributed by atoms with Crippen molar-refractivity contribution in [3.05, 3.63) is 84.3 Å². The number of hydrogen-bond acceptors (Lipinski definition) is 5. The van der Waals surface area contributed by atoms with E-state index in [0.29, 0.717) is 35.6 Å². The van der Waals surface area contributed by atoms with E-state index in [-0.39, 0.29) is 17.3 Å². The van der Waals surface area contributed by atoms with Gasteiger partial charge in [0.1, 0.15) is 17.2 Å². The van der Waals surface area contributed by atoms with Gasteiger partial charge in [0.05, 0.1) is 17.7 Å². The van der Waals surface area contributed by atoms with Gasteiger partial charge in [0, 0.05) is 43.2 Å². The minimum absolute atomic E-state index is 0.0244. The Labute approximate surface area is 203 Å². The number of methoxy groups -OCH3 is 1. The zero-order chi connectivity index (χ0) is 25.7. The van der Waals surface area contributed by atoms with Crippen LogP contribution in [0.2, 0.25) is 0 Å². The predicted molar refractivity (Wildman–Crippen MR) is 126 cm³/mol. The maximum absolute atomic E-state index is 12.9. The SMILES string of the molecule is COCCNC(=O)c1cc(Oc2ccc3c(ccn3C(=O)Nc3cccc(C(F)(F)F)c3)c2)ccn1. The highest BCUT2D eigenvalue weighted by atomic mass is 19.4. The van der Waals surface area contributed by atoms with Gasteiger partial charge in [-0.1, -0.05) is 6.07 Å². The van der Waals surface area contributed by atoms with Crippen LogP contribution < -0.4 is 15.4 Å². The van der Waals surface area contributed by atoms with Gasteiger partial charge in [0.25, 0.3) is 5.91 Å². The normalized spacial score (nSPS) is 11.3. The summed E-state index contributed by atoms with van der Waals surface area (Å²) in [7, 11) is 1.53. The fraction of sp³-hybridized carbons (Fsp3) is 0.160. The van der Waals surface area contributed by atoms with Crippen LogP contribution in [0.4, 0.5) is 23.7 Å². The standard InChI is InChI=1S/C25H21F3N4O4/c1-35-12-10-30-23(33)21-15-20(7-9-29-21)36-19-5-6-22-16(13-19)8-11-32(22)24(34)31-18-4-2-3-17(14-18)25(26,27)28/h2-9,11,13-15H,10,12H2,1H3,(H,30,33)(H,31,34). The van der Waals surface area contributed by atoms with Crippen LogP contribution in [-0.4, -0.2) is 41.8 Å². The first kappa shape index (κ1) is 24.7. The second-order valence-corrected chi connectivity index (χ2v) is 7.64. The van der Waals surface area contributed by atoms with Crippen molar-refractivity contribution in [2.45, 2.75) is 6.18 Å². The quantitative estimate of drug-likeness (QED) is 0.337. The number of carbonyl (C=O) groups excluding carboxylic acids is 2. The lowest BCUT2D eigenvalue weighted by atomic mass is 10.2. The van der Waals surface area contributed by atoms with Gasteiger partial charge in [-0.25, -0.2) is 4.79 Å². The monoisotopic (exact) mass is 498 g/mol. The summed E-state index contributed by atoms with van der Waals surface area (Å²) in [6.07, 6.45) is -1.55. The molecule has 4 aromatic rings. The van der Waals surface area contributed by atoms with Gasteiger partial charge < -0.3 is 20.1 Å². The molecule has 0 aliphatic heterocycles. The lowest BCUT2D eigenvalue weighted by Gasteiger charge is -2.11. The second-order valence-electron chi connectivity index (χ2n) is 7.64. The minimum Gasteiger partial charge on any atom is -0.457 e. The molecule has 11 heteroatoms. The highest BCUT2D eigenvalue weighted by Gasteiger charge is 2.30. The smallest absolute Gasteiger partial charge is 0.416 e. The highest BCUT2D eigenvalue weighted by Crippen LogP contribution is 2.31. The van der Waals surface area contributed by atoms with Gasteiger partial charge in [0.15, 0.2) is 0 Å². The Hall–Kier alpha value is -4.38. The van der Waals surface area contributed by atoms with Crippen molar-refractivity contribution in [1.82, 2.24) is 14.9 Å². The molecule has 2 aromatic carbocycles. The van der Waals surface area contributed by atoms with Crippen molar-refractivity contribution >= 4 is 28.5 Å². The zero-order valence-corrected chi connectivity index (χ0v) is 19.0. The van der Waals surface area contributed by atoms with E-state index in [1.54, 1.807) is 30.3 Å². The number of amides is 2. The Morgan fingerprint density at radius 1 is 1.03 bits per heavy atom. The molecule has 0 aliphatic rings. The molecule has 0 unspecified atom stereocenters. The highest BCUT2D eigenvalue weighted by molar-refractivity contribution is 5.98. The Balaban J connectivity index is 1.48. The van der Waals surface area contributed by atoms with E-state index >= 15 is 0 Å². The number of hydrogen-bond donors (Lipinski definition) is 2. The third-order valence-electron chi connectivity index (χ3n) is 5.11. The molecule has 0 spiro atoms. The molecule has 0 radical (unpaired) electrons. The molecule has 4 rings (SSSR count). The maximum atomic E-state index is 12.9. The molecule has 2 heterocycles. The predicted octanol–water partition coefficient (Wildman–Crippen LogP) is 5.30. The van der Waals surface area contributed by atoms with Crippen molar-refractivity contribution in [3.63, 3.8) is 0 Å². The van der Waals surface area contributed by atoms with Gasteiger partial charge in [-0.05, 0) is 48.5 Å². The van der Waals surface area contributed by atoms with Crippen molar-refractivity contribution in [2.24, 2.45) is 0 Å². The number of benzene rings is 2. The number of halogens is 3. The van der Waals surface area contributed by atoms with Crippen LogP contribution in [0.1, 0.15) is 16.1 Å². The van der Waals surface area contributed by atoms with Crippen molar-refractivity contribution in [1.29, 1.82) is 0 Å². The number of aromatic nitrogens is 2. The summed E-state index contributed by atoms with van der Waals surface area (Å²) in [6, 6.07) is 13.6. The molecule has 36 heavy (non-hydrogen) atoms. The Kier molecular flexibility index (Phi) is 7.20. The van der Waals surface area contributed by atoms with Crippen LogP contribution in [0.25, 0.3) is 10.9 Å². The van der Waals surface area contributed by atoms with E-state index in [0.717, 1.165) is 12.1 Å². The summed E-state index contributed by atoms with van der Waals surface area (Å²) in [6.45, 7) is 0.719. The van der Waals surface area contributed by atoms with E-state index < -0.39 is 17.8 Å². The molecule has 0 atom stereocenters. The lowest BCUT2D eigenvalue weighted by molar-refractivity contribution is -0.137. The molecule has 0 aliphatic carbocycles. The van der Waals surface area contributed by atoms with Crippen molar-refractivity contribution in [2.75, 3.05) is 25.6 Å². The molecule has 0 bridgehead atoms. The van der Waals surface area contributed by atoms with E-state index in [1.165, 1.54) is 42.3 Å². The average molecular weight is 498 g/mol. The first-order chi connectivity index (χ1) is 17.2. The molecule has 0 fully saturated rings. The average Bonchev–Trinajstić information content (AvgIpc) is 3.27. The summed E-state index contributed by atoms with van der Waals surface area (Å²) < 4.78 is 50.9. The van der Waals surface area contributed by atoms with Crippen LogP contribution in [0.15, 0.2) is 73.1 Å². The number of pyridine rings is 1. The van der Waals surface area contributed by atoms with Crippen LogP contribution in [-0.2, 0) is 10.9 Å². The first-order valence-corrected chi connectivity index (χ1v) is 10.8. The van der Waals surface area contributed by atoms with Crippen LogP contribution >= 0.6 is 0 Å². The molecule has 2 amide bonds. The number of nitrogens with one attached hydrogen (secondary N) is 2. The molecule has 186 valence electrons. The Morgan fingerprint density at radius 3 is 2.61 bits per heavy atom. The molecule has 8 nitrogen and oxygen atoms in total. The maximum Gasteiger partial charge on any atom is 0.416 e. The summed E-state index contributed by atoms with van der Waals surface area (Å²) in [4.78, 5) is 28.9. The number of carbonyl (C=O) groups is 2. The Bertz CT molecular complexity index is 1400. The van der Waals surface area contributed by atoms with Crippen molar-refractivity contribution < 1.29 is 32.2 Å². The van der Waals surface area contributed by atoms with E-state index in [9.17, 15) is 22.8 Å². The molecular weight excluding hydrogens is 477 g/mol. The molecule has 2 N–H and O–H groups in total. The fourth-order valence-corrected chi connectivity index (χ4v) is 3.41. The summed E-state index contributed by atoms with van der Waals surface area (Å²) in [5, 5.41) is 5.82. The minimum atomic E-state index is -4.51. The van der Waals surface area contributed by atoms with Crippen LogP contribution in [0.3, 0.4) is 0 Å². The van der Waals surface area contributed by atoms with Crippen LogP contribution in [0, 0.1) is 0 Å². The molecule has 2 aromatic heterocycles. The van der Waals surface area contributed by atoms with Crippen LogP contribution in [0.5, 0.6) is 11.5 Å². The third kappa shape index (κ3) is 5.81. The summed E-state index contributed by atoms with van der Waals surface area (Å²) in [5.41, 5.74) is -0.121. The summed E-state index contributed by atoms with van der Waals surface area (Å²) in [5.74, 6) is 0.482. The number of rotatable bonds is 7. The van der Waals surface area contributed by atoms with E-state index in [2.05, 4.69) is 15.6 Å². The van der Waals surface area contributed by atoms with Crippen molar-refractivity contribution in [3.8, 4) is 11.5 Å². The number of ether oxygens (including phenoxy) is 2. The van der Waals surface area contributed by atoms with Gasteiger partial charge in [0.2, 0.25) is 0 Å². The third-order valence-corrected chi connectivity index (χ3v) is 5.11. The second kappa shape index (κ2) is 10.5. The Morgan fingerprint density at radius 2 is 1.83 bits per heavy atom. The van der Waals surface area contributed by atoms with Gasteiger partial charge in [-0.2, -0.15) is 13.2 Å². The molecule has 0 saturated heterocycles. The zero-order valence-electron chi connectivity index (χ0n) is 19.0. The van der Waals surface area contributed by atoms with Gasteiger partial charge >= 0.3 is 12.2 Å². The first-order valence-electron chi connectivity index (χ1n) is 10.8. The van der Waals surface area contributed by atoms with E-state index in [1.807, 2.05) is 0 Å².